The minimum Gasteiger partial charge on any atom is -0.324 e. The van der Waals surface area contributed by atoms with E-state index in [1.54, 1.807) is 6.20 Å². The number of hydrogen-bond donors (Lipinski definition) is 1. The van der Waals surface area contributed by atoms with Gasteiger partial charge in [0.1, 0.15) is 4.60 Å². The second-order valence-corrected chi connectivity index (χ2v) is 6.86. The van der Waals surface area contributed by atoms with Gasteiger partial charge in [-0.1, -0.05) is 26.7 Å². The monoisotopic (exact) mass is 324 g/mol. The van der Waals surface area contributed by atoms with Crippen molar-refractivity contribution in [2.24, 2.45) is 11.3 Å². The molecule has 1 heterocycles. The molecule has 104 valence electrons. The molecule has 0 aromatic carbocycles. The number of hydrogen-bond acceptors (Lipinski definition) is 2. The zero-order chi connectivity index (χ0) is 14.0. The molecule has 0 aliphatic heterocycles. The highest BCUT2D eigenvalue weighted by Crippen LogP contribution is 2.41. The van der Waals surface area contributed by atoms with Gasteiger partial charge in [0.2, 0.25) is 5.91 Å². The predicted molar refractivity (Wildman–Crippen MR) is 81.0 cm³/mol. The van der Waals surface area contributed by atoms with Gasteiger partial charge in [0.15, 0.2) is 0 Å². The molecule has 1 aromatic rings. The highest BCUT2D eigenvalue weighted by molar-refractivity contribution is 9.10. The fraction of sp³-hybridized carbons (Fsp3) is 0.600. The topological polar surface area (TPSA) is 42.0 Å². The van der Waals surface area contributed by atoms with Crippen LogP contribution in [0.4, 0.5) is 5.69 Å². The van der Waals surface area contributed by atoms with E-state index in [1.165, 1.54) is 6.42 Å². The standard InChI is InChI=1S/C15H21BrN2O/c1-10-8-11(9-17-13(10)16)18-14(19)12-6-4-5-7-15(12,2)3/h8-9,12H,4-7H2,1-3H3,(H,18,19). The van der Waals surface area contributed by atoms with Crippen molar-refractivity contribution in [1.29, 1.82) is 0 Å². The number of pyridine rings is 1. The fourth-order valence-electron chi connectivity index (χ4n) is 2.84. The smallest absolute Gasteiger partial charge is 0.228 e. The van der Waals surface area contributed by atoms with Crippen LogP contribution >= 0.6 is 15.9 Å². The number of anilines is 1. The molecular formula is C15H21BrN2O. The molecule has 1 aromatic heterocycles. The summed E-state index contributed by atoms with van der Waals surface area (Å²) in [6, 6.07) is 1.95. The van der Waals surface area contributed by atoms with Gasteiger partial charge in [-0.2, -0.15) is 0 Å². The Morgan fingerprint density at radius 1 is 1.47 bits per heavy atom. The molecule has 1 amide bonds. The summed E-state index contributed by atoms with van der Waals surface area (Å²) in [6.45, 7) is 6.36. The third-order valence-electron chi connectivity index (χ3n) is 4.11. The Labute approximate surface area is 123 Å². The molecule has 1 fully saturated rings. The molecule has 1 unspecified atom stereocenters. The van der Waals surface area contributed by atoms with Crippen LogP contribution in [0.5, 0.6) is 0 Å². The van der Waals surface area contributed by atoms with Crippen molar-refractivity contribution < 1.29 is 4.79 Å². The minimum atomic E-state index is 0.0974. The Morgan fingerprint density at radius 2 is 2.21 bits per heavy atom. The number of aromatic nitrogens is 1. The average molecular weight is 325 g/mol. The van der Waals surface area contributed by atoms with Gasteiger partial charge in [0, 0.05) is 5.92 Å². The summed E-state index contributed by atoms with van der Waals surface area (Å²) in [6.07, 6.45) is 6.20. The lowest BCUT2D eigenvalue weighted by molar-refractivity contribution is -0.124. The summed E-state index contributed by atoms with van der Waals surface area (Å²) in [5.41, 5.74) is 1.91. The number of amides is 1. The molecule has 0 spiro atoms. The van der Waals surface area contributed by atoms with E-state index < -0.39 is 0 Å². The van der Waals surface area contributed by atoms with Gasteiger partial charge in [-0.15, -0.1) is 0 Å². The van der Waals surface area contributed by atoms with E-state index in [1.807, 2.05) is 13.0 Å². The lowest BCUT2D eigenvalue weighted by Crippen LogP contribution is -2.37. The maximum Gasteiger partial charge on any atom is 0.228 e. The SMILES string of the molecule is Cc1cc(NC(=O)C2CCCCC2(C)C)cnc1Br. The Balaban J connectivity index is 2.09. The molecule has 1 aliphatic rings. The summed E-state index contributed by atoms with van der Waals surface area (Å²) in [5, 5.41) is 3.01. The van der Waals surface area contributed by atoms with Crippen LogP contribution in [0.3, 0.4) is 0 Å². The quantitative estimate of drug-likeness (QED) is 0.824. The molecule has 4 heteroatoms. The van der Waals surface area contributed by atoms with Crippen molar-refractivity contribution in [2.75, 3.05) is 5.32 Å². The van der Waals surface area contributed by atoms with Crippen LogP contribution in [0.2, 0.25) is 0 Å². The molecule has 3 nitrogen and oxygen atoms in total. The maximum atomic E-state index is 12.4. The highest BCUT2D eigenvalue weighted by atomic mass is 79.9. The Bertz CT molecular complexity index is 485. The second kappa shape index (κ2) is 5.61. The van der Waals surface area contributed by atoms with E-state index in [4.69, 9.17) is 0 Å². The van der Waals surface area contributed by atoms with Crippen molar-refractivity contribution in [2.45, 2.75) is 46.5 Å². The third kappa shape index (κ3) is 3.35. The van der Waals surface area contributed by atoms with Gasteiger partial charge in [-0.25, -0.2) is 4.98 Å². The predicted octanol–water partition coefficient (Wildman–Crippen LogP) is 4.31. The van der Waals surface area contributed by atoms with Gasteiger partial charge in [-0.3, -0.25) is 4.79 Å². The van der Waals surface area contributed by atoms with E-state index in [2.05, 4.69) is 40.1 Å². The van der Waals surface area contributed by atoms with Gasteiger partial charge in [0.05, 0.1) is 11.9 Å². The molecule has 0 radical (unpaired) electrons. The molecule has 1 N–H and O–H groups in total. The van der Waals surface area contributed by atoms with Gasteiger partial charge in [0.25, 0.3) is 0 Å². The second-order valence-electron chi connectivity index (χ2n) is 6.11. The highest BCUT2D eigenvalue weighted by Gasteiger charge is 2.37. The fourth-order valence-corrected chi connectivity index (χ4v) is 3.05. The number of nitrogens with one attached hydrogen (secondary N) is 1. The first-order valence-corrected chi connectivity index (χ1v) is 7.62. The van der Waals surface area contributed by atoms with Crippen LogP contribution in [-0.4, -0.2) is 10.9 Å². The Morgan fingerprint density at radius 3 is 2.84 bits per heavy atom. The molecule has 19 heavy (non-hydrogen) atoms. The van der Waals surface area contributed by atoms with Crippen molar-refractivity contribution >= 4 is 27.5 Å². The molecule has 1 aliphatic carbocycles. The number of rotatable bonds is 2. The normalized spacial score (nSPS) is 22.0. The number of carbonyl (C=O) groups is 1. The van der Waals surface area contributed by atoms with Crippen LogP contribution in [0.15, 0.2) is 16.9 Å². The molecule has 0 bridgehead atoms. The van der Waals surface area contributed by atoms with E-state index in [9.17, 15) is 4.79 Å². The van der Waals surface area contributed by atoms with E-state index in [0.717, 1.165) is 35.1 Å². The summed E-state index contributed by atoms with van der Waals surface area (Å²) in [5.74, 6) is 0.235. The van der Waals surface area contributed by atoms with Gasteiger partial charge < -0.3 is 5.32 Å². The summed E-state index contributed by atoms with van der Waals surface area (Å²) in [4.78, 5) is 16.6. The zero-order valence-corrected chi connectivity index (χ0v) is 13.4. The number of nitrogens with zero attached hydrogens (tertiary/aromatic N) is 1. The first-order valence-electron chi connectivity index (χ1n) is 6.83. The number of aryl methyl sites for hydroxylation is 1. The van der Waals surface area contributed by atoms with Crippen LogP contribution in [0.1, 0.15) is 45.1 Å². The first-order chi connectivity index (χ1) is 8.90. The number of halogens is 1. The number of carbonyl (C=O) groups excluding carboxylic acids is 1. The summed E-state index contributed by atoms with van der Waals surface area (Å²) >= 11 is 3.37. The molecular weight excluding hydrogens is 304 g/mol. The van der Waals surface area contributed by atoms with Crippen LogP contribution < -0.4 is 5.32 Å². The Kier molecular flexibility index (Phi) is 4.29. The minimum absolute atomic E-state index is 0.0974. The van der Waals surface area contributed by atoms with E-state index >= 15 is 0 Å². The molecule has 2 rings (SSSR count). The zero-order valence-electron chi connectivity index (χ0n) is 11.8. The van der Waals surface area contributed by atoms with Crippen molar-refractivity contribution in [3.8, 4) is 0 Å². The van der Waals surface area contributed by atoms with Gasteiger partial charge >= 0.3 is 0 Å². The first kappa shape index (κ1) is 14.5. The van der Waals surface area contributed by atoms with Crippen molar-refractivity contribution in [3.05, 3.63) is 22.4 Å². The largest absolute Gasteiger partial charge is 0.324 e. The van der Waals surface area contributed by atoms with Crippen molar-refractivity contribution in [1.82, 2.24) is 4.98 Å². The molecule has 1 atom stereocenters. The summed E-state index contributed by atoms with van der Waals surface area (Å²) in [7, 11) is 0. The van der Waals surface area contributed by atoms with Gasteiger partial charge in [-0.05, 0) is 52.7 Å². The average Bonchev–Trinajstić information content (AvgIpc) is 2.33. The summed E-state index contributed by atoms with van der Waals surface area (Å²) < 4.78 is 0.823. The van der Waals surface area contributed by atoms with E-state index in [-0.39, 0.29) is 17.2 Å². The molecule has 1 saturated carbocycles. The van der Waals surface area contributed by atoms with Crippen LogP contribution in [-0.2, 0) is 4.79 Å². The van der Waals surface area contributed by atoms with E-state index in [0.29, 0.717) is 0 Å². The van der Waals surface area contributed by atoms with Crippen molar-refractivity contribution in [3.63, 3.8) is 0 Å². The van der Waals surface area contributed by atoms with Crippen LogP contribution in [0.25, 0.3) is 0 Å². The van der Waals surface area contributed by atoms with Crippen LogP contribution in [0, 0.1) is 18.3 Å². The third-order valence-corrected chi connectivity index (χ3v) is 4.94. The lowest BCUT2D eigenvalue weighted by atomic mass is 9.68. The maximum absolute atomic E-state index is 12.4. The Hall–Kier alpha value is -0.900. The lowest BCUT2D eigenvalue weighted by Gasteiger charge is -2.37. The molecule has 0 saturated heterocycles.